The van der Waals surface area contributed by atoms with Crippen LogP contribution in [0.5, 0.6) is 0 Å². The second-order valence-electron chi connectivity index (χ2n) is 8.32. The number of ether oxygens (including phenoxy) is 1. The van der Waals surface area contributed by atoms with Gasteiger partial charge < -0.3 is 4.74 Å². The first-order chi connectivity index (χ1) is 8.78. The van der Waals surface area contributed by atoms with Crippen molar-refractivity contribution in [2.75, 3.05) is 0 Å². The molecule has 19 heavy (non-hydrogen) atoms. The third-order valence-corrected chi connectivity index (χ3v) is 6.72. The Morgan fingerprint density at radius 1 is 1.00 bits per heavy atom. The number of carbonyl (C=O) groups excluding carboxylic acids is 1. The molecule has 0 aromatic carbocycles. The fourth-order valence-electron chi connectivity index (χ4n) is 5.94. The van der Waals surface area contributed by atoms with Gasteiger partial charge in [-0.15, -0.1) is 0 Å². The van der Waals surface area contributed by atoms with Crippen molar-refractivity contribution in [3.8, 4) is 0 Å². The number of hydrogen-bond donors (Lipinski definition) is 0. The average molecular weight is 264 g/mol. The van der Waals surface area contributed by atoms with Gasteiger partial charge in [0.1, 0.15) is 5.60 Å². The molecule has 2 heteroatoms. The van der Waals surface area contributed by atoms with Gasteiger partial charge in [-0.1, -0.05) is 27.2 Å². The molecule has 2 nitrogen and oxygen atoms in total. The Morgan fingerprint density at radius 2 is 1.74 bits per heavy atom. The minimum atomic E-state index is -0.187. The van der Waals surface area contributed by atoms with Crippen LogP contribution in [0, 0.1) is 22.7 Å². The smallest absolute Gasteiger partial charge is 0.306 e. The van der Waals surface area contributed by atoms with Gasteiger partial charge in [0.2, 0.25) is 0 Å². The van der Waals surface area contributed by atoms with Crippen LogP contribution in [-0.4, -0.2) is 11.6 Å². The van der Waals surface area contributed by atoms with Crippen molar-refractivity contribution >= 4 is 5.97 Å². The first-order valence-electron chi connectivity index (χ1n) is 8.00. The van der Waals surface area contributed by atoms with Crippen molar-refractivity contribution < 1.29 is 9.53 Å². The number of carbonyl (C=O) groups is 1. The normalized spacial score (nSPS) is 48.9. The summed E-state index contributed by atoms with van der Waals surface area (Å²) in [5, 5.41) is 0. The zero-order valence-corrected chi connectivity index (χ0v) is 12.9. The van der Waals surface area contributed by atoms with E-state index in [4.69, 9.17) is 4.74 Å². The second-order valence-corrected chi connectivity index (χ2v) is 8.32. The Bertz CT molecular complexity index is 400. The molecule has 0 bridgehead atoms. The molecule has 3 fully saturated rings. The van der Waals surface area contributed by atoms with Crippen LogP contribution in [0.1, 0.15) is 72.6 Å². The van der Waals surface area contributed by atoms with Gasteiger partial charge in [0.25, 0.3) is 0 Å². The lowest BCUT2D eigenvalue weighted by atomic mass is 9.45. The van der Waals surface area contributed by atoms with Gasteiger partial charge >= 0.3 is 5.97 Å². The summed E-state index contributed by atoms with van der Waals surface area (Å²) in [4.78, 5) is 11.7. The van der Waals surface area contributed by atoms with Crippen LogP contribution in [0.4, 0.5) is 0 Å². The van der Waals surface area contributed by atoms with E-state index < -0.39 is 0 Å². The molecule has 3 rings (SSSR count). The van der Waals surface area contributed by atoms with Crippen LogP contribution in [0.3, 0.4) is 0 Å². The lowest BCUT2D eigenvalue weighted by Gasteiger charge is -2.62. The highest BCUT2D eigenvalue weighted by Crippen LogP contribution is 2.64. The zero-order chi connectivity index (χ0) is 13.9. The van der Waals surface area contributed by atoms with E-state index in [9.17, 15) is 4.79 Å². The molecule has 0 amide bonds. The highest BCUT2D eigenvalue weighted by Gasteiger charge is 2.60. The molecule has 1 unspecified atom stereocenters. The summed E-state index contributed by atoms with van der Waals surface area (Å²) < 4.78 is 5.82. The number of esters is 1. The molecule has 108 valence electrons. The molecule has 4 atom stereocenters. The van der Waals surface area contributed by atoms with E-state index in [1.54, 1.807) is 0 Å². The van der Waals surface area contributed by atoms with E-state index in [1.807, 2.05) is 0 Å². The summed E-state index contributed by atoms with van der Waals surface area (Å²) in [5.41, 5.74) is 0.638. The van der Waals surface area contributed by atoms with Crippen molar-refractivity contribution in [2.45, 2.75) is 78.2 Å². The maximum absolute atomic E-state index is 11.7. The maximum Gasteiger partial charge on any atom is 0.306 e. The minimum Gasteiger partial charge on any atom is -0.459 e. The summed E-state index contributed by atoms with van der Waals surface area (Å²) in [5.74, 6) is 1.38. The Kier molecular flexibility index (Phi) is 2.82. The summed E-state index contributed by atoms with van der Waals surface area (Å²) in [6, 6.07) is 0. The fourth-order valence-corrected chi connectivity index (χ4v) is 5.94. The van der Waals surface area contributed by atoms with Crippen LogP contribution in [0.15, 0.2) is 0 Å². The first kappa shape index (κ1) is 13.5. The van der Waals surface area contributed by atoms with E-state index in [2.05, 4.69) is 27.7 Å². The average Bonchev–Trinajstić information content (AvgIpc) is 2.25. The largest absolute Gasteiger partial charge is 0.459 e. The summed E-state index contributed by atoms with van der Waals surface area (Å²) in [7, 11) is 0. The summed E-state index contributed by atoms with van der Waals surface area (Å²) in [6.45, 7) is 9.58. The van der Waals surface area contributed by atoms with Crippen LogP contribution in [0.2, 0.25) is 0 Å². The molecule has 1 heterocycles. The van der Waals surface area contributed by atoms with Crippen molar-refractivity contribution in [3.63, 3.8) is 0 Å². The van der Waals surface area contributed by atoms with Crippen molar-refractivity contribution in [3.05, 3.63) is 0 Å². The first-order valence-corrected chi connectivity index (χ1v) is 8.00. The van der Waals surface area contributed by atoms with Gasteiger partial charge in [0, 0.05) is 12.3 Å². The van der Waals surface area contributed by atoms with Gasteiger partial charge in [-0.05, 0) is 55.8 Å². The van der Waals surface area contributed by atoms with Gasteiger partial charge in [-0.3, -0.25) is 4.79 Å². The van der Waals surface area contributed by atoms with E-state index >= 15 is 0 Å². The molecular weight excluding hydrogens is 236 g/mol. The van der Waals surface area contributed by atoms with Gasteiger partial charge in [-0.25, -0.2) is 0 Å². The van der Waals surface area contributed by atoms with Gasteiger partial charge in [0.05, 0.1) is 0 Å². The Labute approximate surface area is 117 Å². The second kappa shape index (κ2) is 3.99. The molecule has 2 aliphatic carbocycles. The maximum atomic E-state index is 11.7. The van der Waals surface area contributed by atoms with Gasteiger partial charge in [0.15, 0.2) is 0 Å². The topological polar surface area (TPSA) is 26.3 Å². The zero-order valence-electron chi connectivity index (χ0n) is 12.9. The quantitative estimate of drug-likeness (QED) is 0.609. The SMILES string of the molecule is CC1(C)CCC[C@@]2(C)C1CC[C@@]1(C)OC(=O)CC[C@@H]12. The van der Waals surface area contributed by atoms with Gasteiger partial charge in [-0.2, -0.15) is 0 Å². The molecule has 1 saturated heterocycles. The number of hydrogen-bond acceptors (Lipinski definition) is 2. The van der Waals surface area contributed by atoms with E-state index in [1.165, 1.54) is 25.7 Å². The molecule has 0 spiro atoms. The van der Waals surface area contributed by atoms with Crippen LogP contribution in [0.25, 0.3) is 0 Å². The molecule has 0 aromatic rings. The van der Waals surface area contributed by atoms with Crippen LogP contribution < -0.4 is 0 Å². The predicted octanol–water partition coefficient (Wildman–Crippen LogP) is 4.32. The summed E-state index contributed by atoms with van der Waals surface area (Å²) in [6.07, 6.45) is 7.97. The Hall–Kier alpha value is -0.530. The van der Waals surface area contributed by atoms with Crippen molar-refractivity contribution in [1.29, 1.82) is 0 Å². The fraction of sp³-hybridized carbons (Fsp3) is 0.941. The predicted molar refractivity (Wildman–Crippen MR) is 75.7 cm³/mol. The molecule has 0 aromatic heterocycles. The Balaban J connectivity index is 1.97. The standard InChI is InChI=1S/C17H28O2/c1-15(2)9-5-10-16(3)12(15)8-11-17(4)13(16)6-7-14(18)19-17/h12-13H,5-11H2,1-4H3/t12?,13-,16+,17-/m1/s1. The lowest BCUT2D eigenvalue weighted by molar-refractivity contribution is -0.215. The molecule has 3 aliphatic rings. The minimum absolute atomic E-state index is 0.0240. The molecule has 2 saturated carbocycles. The van der Waals surface area contributed by atoms with E-state index in [0.29, 0.717) is 23.2 Å². The lowest BCUT2D eigenvalue weighted by Crippen LogP contribution is -2.60. The molecule has 0 N–H and O–H groups in total. The number of rotatable bonds is 0. The van der Waals surface area contributed by atoms with Crippen LogP contribution in [-0.2, 0) is 9.53 Å². The monoisotopic (exact) mass is 264 g/mol. The van der Waals surface area contributed by atoms with Crippen molar-refractivity contribution in [1.82, 2.24) is 0 Å². The van der Waals surface area contributed by atoms with E-state index in [0.717, 1.165) is 18.8 Å². The number of fused-ring (bicyclic) bond motifs is 3. The molecule has 1 aliphatic heterocycles. The molecule has 0 radical (unpaired) electrons. The summed E-state index contributed by atoms with van der Waals surface area (Å²) >= 11 is 0. The third-order valence-electron chi connectivity index (χ3n) is 6.72. The highest BCUT2D eigenvalue weighted by atomic mass is 16.6. The third kappa shape index (κ3) is 1.86. The Morgan fingerprint density at radius 3 is 2.47 bits per heavy atom. The van der Waals surface area contributed by atoms with Crippen molar-refractivity contribution in [2.24, 2.45) is 22.7 Å². The highest BCUT2D eigenvalue weighted by molar-refractivity contribution is 5.71. The molecular formula is C17H28O2. The van der Waals surface area contributed by atoms with Crippen LogP contribution >= 0.6 is 0 Å². The van der Waals surface area contributed by atoms with E-state index in [-0.39, 0.29) is 11.6 Å².